The van der Waals surface area contributed by atoms with E-state index in [9.17, 15) is 15.0 Å². The van der Waals surface area contributed by atoms with E-state index in [-0.39, 0.29) is 22.7 Å². The largest absolute Gasteiger partial charge is 0.393 e. The Morgan fingerprint density at radius 2 is 1.92 bits per heavy atom. The topological polar surface area (TPSA) is 66.8 Å². The van der Waals surface area contributed by atoms with Crippen LogP contribution in [0.5, 0.6) is 0 Å². The fourth-order valence-corrected chi connectivity index (χ4v) is 7.67. The van der Waals surface area contributed by atoms with Gasteiger partial charge >= 0.3 is 0 Å². The van der Waals surface area contributed by atoms with E-state index in [1.807, 2.05) is 0 Å². The van der Waals surface area contributed by atoms with Crippen molar-refractivity contribution in [1.82, 2.24) is 0 Å². The van der Waals surface area contributed by atoms with Gasteiger partial charge in [-0.3, -0.25) is 4.79 Å². The zero-order valence-corrected chi connectivity index (χ0v) is 16.5. The molecule has 4 heteroatoms. The maximum atomic E-state index is 12.7. The number of fused-ring (bicyclic) bond motifs is 5. The molecule has 4 aliphatic rings. The second kappa shape index (κ2) is 6.15. The van der Waals surface area contributed by atoms with Crippen molar-refractivity contribution in [2.24, 2.45) is 28.6 Å². The number of allylic oxidation sites excluding steroid dienone is 1. The molecule has 0 aliphatic heterocycles. The number of methoxy groups -OCH3 is 1. The molecule has 2 N–H and O–H groups in total. The maximum Gasteiger partial charge on any atom is 0.190 e. The van der Waals surface area contributed by atoms with Crippen LogP contribution in [-0.4, -0.2) is 41.4 Å². The third-order valence-electron chi connectivity index (χ3n) is 9.14. The maximum absolute atomic E-state index is 12.7. The summed E-state index contributed by atoms with van der Waals surface area (Å²) >= 11 is 0. The lowest BCUT2D eigenvalue weighted by molar-refractivity contribution is -0.171. The van der Waals surface area contributed by atoms with Gasteiger partial charge < -0.3 is 14.9 Å². The molecule has 4 rings (SSSR count). The summed E-state index contributed by atoms with van der Waals surface area (Å²) in [6, 6.07) is 0. The molecule has 0 aromatic carbocycles. The van der Waals surface area contributed by atoms with Crippen LogP contribution >= 0.6 is 0 Å². The third-order valence-corrected chi connectivity index (χ3v) is 9.14. The molecule has 0 heterocycles. The first-order valence-electron chi connectivity index (χ1n) is 10.4. The first kappa shape index (κ1) is 18.6. The Hall–Kier alpha value is -0.710. The minimum absolute atomic E-state index is 0.137. The van der Waals surface area contributed by atoms with E-state index in [1.165, 1.54) is 5.57 Å². The van der Waals surface area contributed by atoms with Crippen LogP contribution in [0.25, 0.3) is 0 Å². The molecule has 4 aliphatic carbocycles. The van der Waals surface area contributed by atoms with Crippen LogP contribution in [0, 0.1) is 28.6 Å². The normalized spacial score (nSPS) is 50.4. The number of hydrogen-bond donors (Lipinski definition) is 2. The second-order valence-corrected chi connectivity index (χ2v) is 9.76. The van der Waals surface area contributed by atoms with Gasteiger partial charge in [0, 0.05) is 12.5 Å². The minimum atomic E-state index is -0.814. The van der Waals surface area contributed by atoms with E-state index in [0.717, 1.165) is 51.4 Å². The number of ketones is 1. The van der Waals surface area contributed by atoms with Crippen molar-refractivity contribution in [2.45, 2.75) is 76.9 Å². The SMILES string of the molecule is CO[C@]1(C(=O)CO)CC[C@H]2[C@@H]3CC=C4C[C@@H](O)CC[C@]4(C)[C@H]3CC[C@@]21C. The molecule has 146 valence electrons. The van der Waals surface area contributed by atoms with Gasteiger partial charge in [-0.2, -0.15) is 0 Å². The van der Waals surface area contributed by atoms with Crippen LogP contribution in [0.1, 0.15) is 65.2 Å². The van der Waals surface area contributed by atoms with Crippen molar-refractivity contribution >= 4 is 5.78 Å². The van der Waals surface area contributed by atoms with Crippen molar-refractivity contribution < 1.29 is 19.7 Å². The van der Waals surface area contributed by atoms with Gasteiger partial charge in [0.2, 0.25) is 0 Å². The highest BCUT2D eigenvalue weighted by atomic mass is 16.5. The second-order valence-electron chi connectivity index (χ2n) is 9.76. The summed E-state index contributed by atoms with van der Waals surface area (Å²) in [4.78, 5) is 12.7. The molecule has 26 heavy (non-hydrogen) atoms. The third kappa shape index (κ3) is 2.21. The molecule has 0 saturated heterocycles. The zero-order valence-electron chi connectivity index (χ0n) is 16.5. The smallest absolute Gasteiger partial charge is 0.190 e. The predicted molar refractivity (Wildman–Crippen MR) is 99.5 cm³/mol. The predicted octanol–water partition coefficient (Wildman–Crippen LogP) is 3.26. The average molecular weight is 363 g/mol. The first-order chi connectivity index (χ1) is 12.3. The van der Waals surface area contributed by atoms with E-state index in [4.69, 9.17) is 4.74 Å². The molecule has 0 bridgehead atoms. The lowest BCUT2D eigenvalue weighted by atomic mass is 9.46. The highest BCUT2D eigenvalue weighted by Gasteiger charge is 2.66. The summed E-state index contributed by atoms with van der Waals surface area (Å²) in [5.74, 6) is 1.56. The Balaban J connectivity index is 1.69. The van der Waals surface area contributed by atoms with Gasteiger partial charge in [-0.1, -0.05) is 25.5 Å². The van der Waals surface area contributed by atoms with Gasteiger partial charge in [-0.05, 0) is 74.5 Å². The van der Waals surface area contributed by atoms with Crippen molar-refractivity contribution in [1.29, 1.82) is 0 Å². The highest BCUT2D eigenvalue weighted by molar-refractivity contribution is 5.89. The molecular formula is C22H34O4. The summed E-state index contributed by atoms with van der Waals surface area (Å²) in [6.45, 7) is 4.23. The quantitative estimate of drug-likeness (QED) is 0.756. The van der Waals surface area contributed by atoms with Gasteiger partial charge in [0.1, 0.15) is 12.2 Å². The Labute approximate surface area is 157 Å². The van der Waals surface area contributed by atoms with Crippen LogP contribution in [0.2, 0.25) is 0 Å². The fourth-order valence-electron chi connectivity index (χ4n) is 7.67. The van der Waals surface area contributed by atoms with E-state index < -0.39 is 12.2 Å². The molecule has 3 saturated carbocycles. The number of Topliss-reactive ketones (excluding diaryl/α,β-unsaturated/α-hetero) is 1. The molecule has 0 amide bonds. The number of rotatable bonds is 3. The fraction of sp³-hybridized carbons (Fsp3) is 0.864. The Kier molecular flexibility index (Phi) is 4.41. The lowest BCUT2D eigenvalue weighted by Gasteiger charge is -2.59. The van der Waals surface area contributed by atoms with E-state index >= 15 is 0 Å². The first-order valence-corrected chi connectivity index (χ1v) is 10.4. The van der Waals surface area contributed by atoms with Gasteiger partial charge in [-0.15, -0.1) is 0 Å². The summed E-state index contributed by atoms with van der Waals surface area (Å²) in [6.07, 6.45) is 9.99. The van der Waals surface area contributed by atoms with E-state index in [2.05, 4.69) is 19.9 Å². The summed E-state index contributed by atoms with van der Waals surface area (Å²) in [5.41, 5.74) is 0.690. The monoisotopic (exact) mass is 362 g/mol. The molecule has 0 radical (unpaired) electrons. The van der Waals surface area contributed by atoms with Crippen molar-refractivity contribution in [3.8, 4) is 0 Å². The lowest BCUT2D eigenvalue weighted by Crippen LogP contribution is -2.58. The van der Waals surface area contributed by atoms with Crippen LogP contribution in [0.15, 0.2) is 11.6 Å². The Morgan fingerprint density at radius 1 is 1.19 bits per heavy atom. The van der Waals surface area contributed by atoms with Crippen molar-refractivity contribution in [2.75, 3.05) is 13.7 Å². The summed E-state index contributed by atoms with van der Waals surface area (Å²) in [5, 5.41) is 19.7. The molecule has 3 fully saturated rings. The number of ether oxygens (including phenoxy) is 1. The van der Waals surface area contributed by atoms with Gasteiger partial charge in [0.25, 0.3) is 0 Å². The van der Waals surface area contributed by atoms with Crippen LogP contribution in [0.4, 0.5) is 0 Å². The van der Waals surface area contributed by atoms with Crippen molar-refractivity contribution in [3.63, 3.8) is 0 Å². The van der Waals surface area contributed by atoms with E-state index in [0.29, 0.717) is 17.8 Å². The van der Waals surface area contributed by atoms with Gasteiger partial charge in [0.05, 0.1) is 6.10 Å². The number of hydrogen-bond acceptors (Lipinski definition) is 4. The Bertz CT molecular complexity index is 628. The van der Waals surface area contributed by atoms with Crippen molar-refractivity contribution in [3.05, 3.63) is 11.6 Å². The molecule has 0 unspecified atom stereocenters. The standard InChI is InChI=1S/C22H34O4/c1-20-9-6-15(24)12-14(20)4-5-16-17(20)7-10-21(2)18(16)8-11-22(21,26-3)19(25)13-23/h4,15-18,23-24H,5-13H2,1-3H3/t15-,16+,17-,18-,20-,21-,22-/m0/s1. The van der Waals surface area contributed by atoms with Crippen LogP contribution in [-0.2, 0) is 9.53 Å². The summed E-state index contributed by atoms with van der Waals surface area (Å²) in [7, 11) is 1.65. The van der Waals surface area contributed by atoms with E-state index in [1.54, 1.807) is 7.11 Å². The minimum Gasteiger partial charge on any atom is -0.393 e. The number of carbonyl (C=O) groups is 1. The number of aliphatic hydroxyl groups is 2. The number of carbonyl (C=O) groups excluding carboxylic acids is 1. The molecule has 0 spiro atoms. The molecule has 4 nitrogen and oxygen atoms in total. The average Bonchev–Trinajstić information content (AvgIpc) is 2.95. The van der Waals surface area contributed by atoms with Crippen LogP contribution in [0.3, 0.4) is 0 Å². The molecule has 0 aromatic heterocycles. The zero-order chi connectivity index (χ0) is 18.7. The number of aliphatic hydroxyl groups excluding tert-OH is 2. The molecule has 0 aromatic rings. The van der Waals surface area contributed by atoms with Gasteiger partial charge in [-0.25, -0.2) is 0 Å². The molecular weight excluding hydrogens is 328 g/mol. The summed E-state index contributed by atoms with van der Waals surface area (Å²) < 4.78 is 5.89. The Morgan fingerprint density at radius 3 is 2.62 bits per heavy atom. The molecule has 7 atom stereocenters. The van der Waals surface area contributed by atoms with Crippen LogP contribution < -0.4 is 0 Å². The highest BCUT2D eigenvalue weighted by Crippen LogP contribution is 2.67. The van der Waals surface area contributed by atoms with Gasteiger partial charge in [0.15, 0.2) is 5.78 Å².